The molecule has 1 amide bonds. The minimum atomic E-state index is -0.924. The third kappa shape index (κ3) is 4.53. The third-order valence-corrected chi connectivity index (χ3v) is 3.57. The van der Waals surface area contributed by atoms with Gasteiger partial charge in [-0.25, -0.2) is 9.18 Å². The van der Waals surface area contributed by atoms with Crippen molar-refractivity contribution in [1.29, 1.82) is 0 Å². The Morgan fingerprint density at radius 1 is 1.22 bits per heavy atom. The van der Waals surface area contributed by atoms with Crippen LogP contribution in [0.15, 0.2) is 46.9 Å². The summed E-state index contributed by atoms with van der Waals surface area (Å²) in [7, 11) is 1.39. The zero-order chi connectivity index (χ0) is 16.8. The largest absolute Gasteiger partial charge is 0.497 e. The molecule has 0 aliphatic heterocycles. The van der Waals surface area contributed by atoms with E-state index in [1.807, 2.05) is 0 Å². The number of carbonyl (C=O) groups is 2. The second kappa shape index (κ2) is 7.73. The molecule has 0 saturated carbocycles. The number of anilines is 1. The molecule has 0 radical (unpaired) electrons. The van der Waals surface area contributed by atoms with Crippen molar-refractivity contribution in [1.82, 2.24) is 0 Å². The van der Waals surface area contributed by atoms with E-state index in [2.05, 4.69) is 21.2 Å². The number of halogens is 2. The summed E-state index contributed by atoms with van der Waals surface area (Å²) in [6.45, 7) is -0.522. The summed E-state index contributed by atoms with van der Waals surface area (Å²) in [5.41, 5.74) is 0.281. The predicted octanol–water partition coefficient (Wildman–Crippen LogP) is 3.39. The maximum absolute atomic E-state index is 13.7. The first kappa shape index (κ1) is 17.0. The number of hydrogen-bond donors (Lipinski definition) is 1. The highest BCUT2D eigenvalue weighted by molar-refractivity contribution is 9.10. The van der Waals surface area contributed by atoms with Crippen molar-refractivity contribution in [3.05, 3.63) is 58.3 Å². The van der Waals surface area contributed by atoms with Gasteiger partial charge in [0.05, 0.1) is 18.4 Å². The quantitative estimate of drug-likeness (QED) is 0.806. The lowest BCUT2D eigenvalue weighted by Gasteiger charge is -2.09. The van der Waals surface area contributed by atoms with Gasteiger partial charge in [-0.2, -0.15) is 0 Å². The Morgan fingerprint density at radius 3 is 2.61 bits per heavy atom. The van der Waals surface area contributed by atoms with Crippen LogP contribution in [0.4, 0.5) is 10.1 Å². The first-order chi connectivity index (χ1) is 11.0. The van der Waals surface area contributed by atoms with E-state index >= 15 is 0 Å². The van der Waals surface area contributed by atoms with E-state index < -0.39 is 24.3 Å². The Balaban J connectivity index is 1.94. The van der Waals surface area contributed by atoms with E-state index in [9.17, 15) is 14.0 Å². The molecule has 0 aromatic heterocycles. The topological polar surface area (TPSA) is 64.6 Å². The number of benzene rings is 2. The van der Waals surface area contributed by atoms with Crippen LogP contribution >= 0.6 is 15.9 Å². The van der Waals surface area contributed by atoms with Gasteiger partial charge in [0.25, 0.3) is 5.91 Å². The number of nitrogens with one attached hydrogen (secondary N) is 1. The van der Waals surface area contributed by atoms with E-state index in [1.165, 1.54) is 19.2 Å². The summed E-state index contributed by atoms with van der Waals surface area (Å²) in [5.74, 6) is -1.95. The van der Waals surface area contributed by atoms with Gasteiger partial charge >= 0.3 is 5.97 Å². The van der Waals surface area contributed by atoms with Crippen molar-refractivity contribution in [2.75, 3.05) is 19.0 Å². The Labute approximate surface area is 140 Å². The average molecular weight is 382 g/mol. The maximum atomic E-state index is 13.7. The van der Waals surface area contributed by atoms with Gasteiger partial charge in [-0.3, -0.25) is 4.79 Å². The number of ether oxygens (including phenoxy) is 2. The molecule has 1 N–H and O–H groups in total. The van der Waals surface area contributed by atoms with E-state index in [0.29, 0.717) is 10.2 Å². The molecule has 23 heavy (non-hydrogen) atoms. The second-order valence-corrected chi connectivity index (χ2v) is 5.30. The van der Waals surface area contributed by atoms with Crippen molar-refractivity contribution < 1.29 is 23.5 Å². The molecular formula is C16H13BrFNO4. The molecule has 0 spiro atoms. The van der Waals surface area contributed by atoms with Gasteiger partial charge < -0.3 is 14.8 Å². The SMILES string of the molecule is COc1ccc(C(=O)OCC(=O)Nc2ccccc2Br)c(F)c1. The zero-order valence-corrected chi connectivity index (χ0v) is 13.7. The molecular weight excluding hydrogens is 369 g/mol. The summed E-state index contributed by atoms with van der Waals surface area (Å²) in [5, 5.41) is 2.57. The lowest BCUT2D eigenvalue weighted by atomic mass is 10.2. The van der Waals surface area contributed by atoms with Crippen molar-refractivity contribution in [2.45, 2.75) is 0 Å². The number of rotatable bonds is 5. The fourth-order valence-electron chi connectivity index (χ4n) is 1.75. The number of methoxy groups -OCH3 is 1. The smallest absolute Gasteiger partial charge is 0.341 e. The van der Waals surface area contributed by atoms with Crippen LogP contribution in [0, 0.1) is 5.82 Å². The van der Waals surface area contributed by atoms with Crippen LogP contribution in [0.2, 0.25) is 0 Å². The first-order valence-corrected chi connectivity index (χ1v) is 7.35. The summed E-state index contributed by atoms with van der Waals surface area (Å²) in [6.07, 6.45) is 0. The molecule has 2 aromatic rings. The second-order valence-electron chi connectivity index (χ2n) is 4.45. The maximum Gasteiger partial charge on any atom is 0.341 e. The van der Waals surface area contributed by atoms with Gasteiger partial charge in [-0.15, -0.1) is 0 Å². The fourth-order valence-corrected chi connectivity index (χ4v) is 2.13. The highest BCUT2D eigenvalue weighted by Gasteiger charge is 2.16. The number of esters is 1. The number of carbonyl (C=O) groups excluding carboxylic acids is 2. The van der Waals surface area contributed by atoms with E-state index in [-0.39, 0.29) is 11.3 Å². The van der Waals surface area contributed by atoms with Crippen LogP contribution in [0.1, 0.15) is 10.4 Å². The van der Waals surface area contributed by atoms with Gasteiger partial charge in [-0.1, -0.05) is 12.1 Å². The van der Waals surface area contributed by atoms with Crippen molar-refractivity contribution in [2.24, 2.45) is 0 Å². The molecule has 2 aromatic carbocycles. The fraction of sp³-hybridized carbons (Fsp3) is 0.125. The molecule has 0 aliphatic carbocycles. The molecule has 0 atom stereocenters. The van der Waals surface area contributed by atoms with Crippen LogP contribution in [0.3, 0.4) is 0 Å². The van der Waals surface area contributed by atoms with Gasteiger partial charge in [0.2, 0.25) is 0 Å². The Morgan fingerprint density at radius 2 is 1.96 bits per heavy atom. The van der Waals surface area contributed by atoms with Crippen LogP contribution < -0.4 is 10.1 Å². The minimum absolute atomic E-state index is 0.264. The molecule has 0 unspecified atom stereocenters. The normalized spacial score (nSPS) is 10.0. The van der Waals surface area contributed by atoms with Crippen LogP contribution in [-0.4, -0.2) is 25.6 Å². The molecule has 0 saturated heterocycles. The first-order valence-electron chi connectivity index (χ1n) is 6.56. The van der Waals surface area contributed by atoms with Crippen LogP contribution in [0.25, 0.3) is 0 Å². The Bertz CT molecular complexity index is 736. The highest BCUT2D eigenvalue weighted by atomic mass is 79.9. The van der Waals surface area contributed by atoms with Gasteiger partial charge in [-0.05, 0) is 40.2 Å². The van der Waals surface area contributed by atoms with Gasteiger partial charge in [0.1, 0.15) is 11.6 Å². The molecule has 2 rings (SSSR count). The lowest BCUT2D eigenvalue weighted by molar-refractivity contribution is -0.119. The van der Waals surface area contributed by atoms with Crippen LogP contribution in [-0.2, 0) is 9.53 Å². The summed E-state index contributed by atoms with van der Waals surface area (Å²) < 4.78 is 24.1. The number of amides is 1. The zero-order valence-electron chi connectivity index (χ0n) is 12.1. The van der Waals surface area contributed by atoms with Crippen molar-refractivity contribution >= 4 is 33.5 Å². The summed E-state index contributed by atoms with van der Waals surface area (Å²) >= 11 is 3.28. The summed E-state index contributed by atoms with van der Waals surface area (Å²) in [4.78, 5) is 23.6. The van der Waals surface area contributed by atoms with Crippen LogP contribution in [0.5, 0.6) is 5.75 Å². The standard InChI is InChI=1S/C16H13BrFNO4/c1-22-10-6-7-11(13(18)8-10)16(21)23-9-15(20)19-14-5-3-2-4-12(14)17/h2-8H,9H2,1H3,(H,19,20). The molecule has 7 heteroatoms. The molecule has 0 fully saturated rings. The Kier molecular flexibility index (Phi) is 5.70. The summed E-state index contributed by atoms with van der Waals surface area (Å²) in [6, 6.07) is 10.7. The van der Waals surface area contributed by atoms with Crippen molar-refractivity contribution in [3.63, 3.8) is 0 Å². The van der Waals surface area contributed by atoms with Gasteiger partial charge in [0.15, 0.2) is 6.61 Å². The lowest BCUT2D eigenvalue weighted by Crippen LogP contribution is -2.21. The third-order valence-electron chi connectivity index (χ3n) is 2.88. The predicted molar refractivity (Wildman–Crippen MR) is 86.0 cm³/mol. The van der Waals surface area contributed by atoms with Gasteiger partial charge in [0, 0.05) is 10.5 Å². The van der Waals surface area contributed by atoms with E-state index in [1.54, 1.807) is 24.3 Å². The molecule has 0 bridgehead atoms. The average Bonchev–Trinajstić information content (AvgIpc) is 2.54. The molecule has 120 valence electrons. The Hall–Kier alpha value is -2.41. The molecule has 0 aliphatic rings. The van der Waals surface area contributed by atoms with Crippen molar-refractivity contribution in [3.8, 4) is 5.75 Å². The highest BCUT2D eigenvalue weighted by Crippen LogP contribution is 2.21. The minimum Gasteiger partial charge on any atom is -0.497 e. The monoisotopic (exact) mass is 381 g/mol. The molecule has 0 heterocycles. The molecule has 5 nitrogen and oxygen atoms in total. The van der Waals surface area contributed by atoms with E-state index in [0.717, 1.165) is 6.07 Å². The number of hydrogen-bond acceptors (Lipinski definition) is 4. The van der Waals surface area contributed by atoms with E-state index in [4.69, 9.17) is 9.47 Å². The number of para-hydroxylation sites is 1.